The van der Waals surface area contributed by atoms with Crippen molar-refractivity contribution in [3.8, 4) is 0 Å². The van der Waals surface area contributed by atoms with Gasteiger partial charge in [-0.25, -0.2) is 4.98 Å². The topological polar surface area (TPSA) is 32.6 Å². The molecule has 0 aliphatic rings. The van der Waals surface area contributed by atoms with Gasteiger partial charge in [-0.05, 0) is 30.8 Å². The van der Waals surface area contributed by atoms with Crippen LogP contribution in [-0.4, -0.2) is 23.0 Å². The molecule has 0 spiro atoms. The molecular weight excluding hydrogens is 260 g/mol. The Hall–Kier alpha value is -2.33. The van der Waals surface area contributed by atoms with Crippen LogP contribution in [-0.2, 0) is 6.54 Å². The van der Waals surface area contributed by atoms with Gasteiger partial charge in [0.2, 0.25) is 0 Å². The summed E-state index contributed by atoms with van der Waals surface area (Å²) in [5.74, 6) is 0.994. The first kappa shape index (κ1) is 13.6. The van der Waals surface area contributed by atoms with Crippen LogP contribution in [0.5, 0.6) is 0 Å². The summed E-state index contributed by atoms with van der Waals surface area (Å²) in [5.41, 5.74) is 3.29. The number of benzene rings is 1. The molecular formula is C17H20N4. The Labute approximate surface area is 125 Å². The van der Waals surface area contributed by atoms with Crippen LogP contribution in [0.1, 0.15) is 12.6 Å². The molecule has 0 atom stereocenters. The van der Waals surface area contributed by atoms with E-state index in [4.69, 9.17) is 4.98 Å². The number of nitrogens with one attached hydrogen (secondary N) is 1. The summed E-state index contributed by atoms with van der Waals surface area (Å²) in [6, 6.07) is 16.4. The second-order valence-corrected chi connectivity index (χ2v) is 4.99. The molecule has 108 valence electrons. The fourth-order valence-corrected chi connectivity index (χ4v) is 2.48. The van der Waals surface area contributed by atoms with Gasteiger partial charge in [0.15, 0.2) is 5.82 Å². The second kappa shape index (κ2) is 5.97. The molecule has 0 aliphatic carbocycles. The van der Waals surface area contributed by atoms with E-state index in [0.717, 1.165) is 30.2 Å². The van der Waals surface area contributed by atoms with Gasteiger partial charge in [-0.2, -0.15) is 0 Å². The first-order valence-corrected chi connectivity index (χ1v) is 7.26. The van der Waals surface area contributed by atoms with Crippen molar-refractivity contribution >= 4 is 17.2 Å². The third kappa shape index (κ3) is 2.62. The minimum absolute atomic E-state index is 0.800. The van der Waals surface area contributed by atoms with Crippen LogP contribution >= 0.6 is 0 Å². The Kier molecular flexibility index (Phi) is 3.88. The SMILES string of the molecule is CCNCc1c(N(C)c2ccccc2)nc2ccccn12. The van der Waals surface area contributed by atoms with Gasteiger partial charge in [0.05, 0.1) is 5.69 Å². The molecule has 4 heteroatoms. The van der Waals surface area contributed by atoms with E-state index >= 15 is 0 Å². The third-order valence-corrected chi connectivity index (χ3v) is 3.61. The molecule has 0 fully saturated rings. The van der Waals surface area contributed by atoms with E-state index in [9.17, 15) is 0 Å². The van der Waals surface area contributed by atoms with Gasteiger partial charge in [-0.3, -0.25) is 0 Å². The number of anilines is 2. The zero-order valence-electron chi connectivity index (χ0n) is 12.5. The number of nitrogens with zero attached hydrogens (tertiary/aromatic N) is 3. The summed E-state index contributed by atoms with van der Waals surface area (Å²) in [5, 5.41) is 3.40. The van der Waals surface area contributed by atoms with Gasteiger partial charge >= 0.3 is 0 Å². The summed E-state index contributed by atoms with van der Waals surface area (Å²) in [6.45, 7) is 3.85. The Morgan fingerprint density at radius 1 is 1.10 bits per heavy atom. The number of para-hydroxylation sites is 1. The molecule has 21 heavy (non-hydrogen) atoms. The van der Waals surface area contributed by atoms with E-state index in [1.54, 1.807) is 0 Å². The van der Waals surface area contributed by atoms with Crippen LogP contribution in [0.3, 0.4) is 0 Å². The van der Waals surface area contributed by atoms with Crippen molar-refractivity contribution < 1.29 is 0 Å². The molecule has 0 saturated heterocycles. The van der Waals surface area contributed by atoms with Crippen molar-refractivity contribution in [2.45, 2.75) is 13.5 Å². The molecule has 0 aliphatic heterocycles. The van der Waals surface area contributed by atoms with Gasteiger partial charge in [0.25, 0.3) is 0 Å². The molecule has 2 heterocycles. The minimum Gasteiger partial charge on any atom is -0.328 e. The van der Waals surface area contributed by atoms with E-state index in [1.807, 2.05) is 36.4 Å². The van der Waals surface area contributed by atoms with Crippen LogP contribution in [0.4, 0.5) is 11.5 Å². The lowest BCUT2D eigenvalue weighted by Gasteiger charge is -2.18. The predicted octanol–water partition coefficient (Wildman–Crippen LogP) is 3.21. The van der Waals surface area contributed by atoms with Gasteiger partial charge in [-0.1, -0.05) is 31.2 Å². The summed E-state index contributed by atoms with van der Waals surface area (Å²) in [7, 11) is 2.06. The van der Waals surface area contributed by atoms with Crippen molar-refractivity contribution in [2.24, 2.45) is 0 Å². The Bertz CT molecular complexity index is 718. The predicted molar refractivity (Wildman–Crippen MR) is 87.1 cm³/mol. The number of hydrogen-bond acceptors (Lipinski definition) is 3. The highest BCUT2D eigenvalue weighted by Gasteiger charge is 2.16. The van der Waals surface area contributed by atoms with Gasteiger partial charge in [0.1, 0.15) is 5.65 Å². The molecule has 0 radical (unpaired) electrons. The first-order chi connectivity index (χ1) is 10.3. The van der Waals surface area contributed by atoms with Crippen LogP contribution in [0.25, 0.3) is 5.65 Å². The normalized spacial score (nSPS) is 11.0. The maximum atomic E-state index is 4.79. The highest BCUT2D eigenvalue weighted by atomic mass is 15.2. The summed E-state index contributed by atoms with van der Waals surface area (Å²) >= 11 is 0. The lowest BCUT2D eigenvalue weighted by Crippen LogP contribution is -2.18. The highest BCUT2D eigenvalue weighted by Crippen LogP contribution is 2.27. The molecule has 2 aromatic heterocycles. The maximum absolute atomic E-state index is 4.79. The average Bonchev–Trinajstić information content (AvgIpc) is 2.91. The van der Waals surface area contributed by atoms with E-state index < -0.39 is 0 Å². The standard InChI is InChI=1S/C17H20N4/c1-3-18-13-15-17(19-16-11-7-8-12-21(15)16)20(2)14-9-5-4-6-10-14/h4-12,18H,3,13H2,1-2H3. The number of aromatic nitrogens is 2. The fourth-order valence-electron chi connectivity index (χ4n) is 2.48. The lowest BCUT2D eigenvalue weighted by molar-refractivity contribution is 0.705. The van der Waals surface area contributed by atoms with E-state index in [1.165, 1.54) is 5.69 Å². The Morgan fingerprint density at radius 2 is 1.86 bits per heavy atom. The second-order valence-electron chi connectivity index (χ2n) is 4.99. The number of hydrogen-bond donors (Lipinski definition) is 1. The van der Waals surface area contributed by atoms with Crippen molar-refractivity contribution in [1.82, 2.24) is 14.7 Å². The quantitative estimate of drug-likeness (QED) is 0.779. The van der Waals surface area contributed by atoms with Crippen LogP contribution < -0.4 is 10.2 Å². The largest absolute Gasteiger partial charge is 0.328 e. The van der Waals surface area contributed by atoms with Crippen molar-refractivity contribution in [3.63, 3.8) is 0 Å². The average molecular weight is 280 g/mol. The van der Waals surface area contributed by atoms with Crippen molar-refractivity contribution in [2.75, 3.05) is 18.5 Å². The minimum atomic E-state index is 0.800. The molecule has 0 unspecified atom stereocenters. The smallest absolute Gasteiger partial charge is 0.156 e. The van der Waals surface area contributed by atoms with Gasteiger partial charge in [-0.15, -0.1) is 0 Å². The zero-order valence-corrected chi connectivity index (χ0v) is 12.5. The molecule has 3 aromatic rings. The van der Waals surface area contributed by atoms with Crippen LogP contribution in [0, 0.1) is 0 Å². The number of rotatable bonds is 5. The fraction of sp³-hybridized carbons (Fsp3) is 0.235. The molecule has 0 amide bonds. The third-order valence-electron chi connectivity index (χ3n) is 3.61. The highest BCUT2D eigenvalue weighted by molar-refractivity contribution is 5.65. The molecule has 1 aromatic carbocycles. The molecule has 4 nitrogen and oxygen atoms in total. The van der Waals surface area contributed by atoms with Gasteiger partial charge in [0, 0.05) is 25.5 Å². The number of pyridine rings is 1. The molecule has 1 N–H and O–H groups in total. The summed E-state index contributed by atoms with van der Waals surface area (Å²) < 4.78 is 2.15. The van der Waals surface area contributed by atoms with Crippen LogP contribution in [0.15, 0.2) is 54.7 Å². The molecule has 3 rings (SSSR count). The number of fused-ring (bicyclic) bond motifs is 1. The summed E-state index contributed by atoms with van der Waals surface area (Å²) in [4.78, 5) is 6.93. The zero-order chi connectivity index (χ0) is 14.7. The number of imidazole rings is 1. The monoisotopic (exact) mass is 280 g/mol. The van der Waals surface area contributed by atoms with E-state index in [2.05, 4.69) is 46.9 Å². The van der Waals surface area contributed by atoms with Crippen molar-refractivity contribution in [3.05, 3.63) is 60.4 Å². The van der Waals surface area contributed by atoms with Crippen LogP contribution in [0.2, 0.25) is 0 Å². The van der Waals surface area contributed by atoms with E-state index in [-0.39, 0.29) is 0 Å². The Balaban J connectivity index is 2.08. The maximum Gasteiger partial charge on any atom is 0.156 e. The summed E-state index contributed by atoms with van der Waals surface area (Å²) in [6.07, 6.45) is 2.07. The molecule has 0 bridgehead atoms. The first-order valence-electron chi connectivity index (χ1n) is 7.26. The lowest BCUT2D eigenvalue weighted by atomic mass is 10.3. The van der Waals surface area contributed by atoms with Crippen molar-refractivity contribution in [1.29, 1.82) is 0 Å². The van der Waals surface area contributed by atoms with E-state index in [0.29, 0.717) is 0 Å². The molecule has 0 saturated carbocycles. The van der Waals surface area contributed by atoms with Gasteiger partial charge < -0.3 is 14.6 Å². The Morgan fingerprint density at radius 3 is 2.62 bits per heavy atom.